The number of hydrogen-bond donors (Lipinski definition) is 1. The van der Waals surface area contributed by atoms with Gasteiger partial charge in [-0.05, 0) is 24.3 Å². The van der Waals surface area contributed by atoms with Gasteiger partial charge in [0, 0.05) is 35.7 Å². The number of rotatable bonds is 5. The van der Waals surface area contributed by atoms with E-state index in [0.717, 1.165) is 17.0 Å². The number of ether oxygens (including phenoxy) is 3. The molecule has 1 atom stereocenters. The molecule has 0 bridgehead atoms. The summed E-state index contributed by atoms with van der Waals surface area (Å²) in [5.74, 6) is 1.20. The molecule has 1 saturated heterocycles. The molecule has 4 heterocycles. The first-order valence-corrected chi connectivity index (χ1v) is 11.5. The van der Waals surface area contributed by atoms with Crippen LogP contribution in [-0.4, -0.2) is 46.9 Å². The van der Waals surface area contributed by atoms with Gasteiger partial charge in [-0.1, -0.05) is 12.1 Å². The fourth-order valence-corrected chi connectivity index (χ4v) is 5.00. The van der Waals surface area contributed by atoms with Crippen LogP contribution in [0.1, 0.15) is 6.42 Å². The lowest BCUT2D eigenvalue weighted by Crippen LogP contribution is -2.28. The van der Waals surface area contributed by atoms with Crippen LogP contribution in [0.4, 0.5) is 11.6 Å². The van der Waals surface area contributed by atoms with Gasteiger partial charge in [-0.15, -0.1) is 16.4 Å². The van der Waals surface area contributed by atoms with Crippen molar-refractivity contribution < 1.29 is 23.8 Å². The van der Waals surface area contributed by atoms with Gasteiger partial charge in [0.1, 0.15) is 5.75 Å². The standard InChI is InChI=1S/C23H19N5O5S/c1-31-17-5-3-2-4-15(17)16-11-34-23-25-22(26-28(16)23)24-21(30)13-8-20(29)27(10-13)14-6-7-18-19(9-14)33-12-32-18/h2-7,9,11,13H,8,10,12H2,1H3,(H,24,26,30). The number of anilines is 2. The minimum absolute atomic E-state index is 0.106. The molecule has 2 amide bonds. The Morgan fingerprint density at radius 3 is 2.94 bits per heavy atom. The number of carbonyl (C=O) groups is 2. The molecule has 1 unspecified atom stereocenters. The summed E-state index contributed by atoms with van der Waals surface area (Å²) >= 11 is 1.41. The van der Waals surface area contributed by atoms with Crippen LogP contribution in [0.3, 0.4) is 0 Å². The van der Waals surface area contributed by atoms with Crippen LogP contribution in [0, 0.1) is 5.92 Å². The molecule has 1 fully saturated rings. The normalized spacial score (nSPS) is 16.9. The largest absolute Gasteiger partial charge is 0.496 e. The summed E-state index contributed by atoms with van der Waals surface area (Å²) in [7, 11) is 1.62. The number of thiazole rings is 1. The smallest absolute Gasteiger partial charge is 0.250 e. The van der Waals surface area contributed by atoms with Crippen molar-refractivity contribution in [1.29, 1.82) is 0 Å². The summed E-state index contributed by atoms with van der Waals surface area (Å²) in [6, 6.07) is 12.9. The van der Waals surface area contributed by atoms with Crippen LogP contribution in [0.25, 0.3) is 16.2 Å². The highest BCUT2D eigenvalue weighted by molar-refractivity contribution is 7.15. The van der Waals surface area contributed by atoms with E-state index in [1.165, 1.54) is 11.3 Å². The third-order valence-electron chi connectivity index (χ3n) is 5.86. The highest BCUT2D eigenvalue weighted by atomic mass is 32.1. The van der Waals surface area contributed by atoms with Crippen molar-refractivity contribution in [2.75, 3.05) is 30.7 Å². The number of nitrogens with zero attached hydrogens (tertiary/aromatic N) is 4. The molecule has 2 aliphatic rings. The molecule has 2 aliphatic heterocycles. The Balaban J connectivity index is 1.20. The maximum absolute atomic E-state index is 12.9. The number of carbonyl (C=O) groups excluding carboxylic acids is 2. The number of fused-ring (bicyclic) bond motifs is 2. The lowest BCUT2D eigenvalue weighted by molar-refractivity contribution is -0.122. The van der Waals surface area contributed by atoms with Gasteiger partial charge in [0.05, 0.1) is 18.7 Å². The third kappa shape index (κ3) is 3.41. The fourth-order valence-electron chi connectivity index (χ4n) is 4.17. The van der Waals surface area contributed by atoms with E-state index >= 15 is 0 Å². The maximum atomic E-state index is 12.9. The Kier molecular flexibility index (Phi) is 4.84. The Bertz CT molecular complexity index is 1430. The van der Waals surface area contributed by atoms with E-state index in [-0.39, 0.29) is 37.5 Å². The zero-order valence-electron chi connectivity index (χ0n) is 18.1. The third-order valence-corrected chi connectivity index (χ3v) is 6.68. The Morgan fingerprint density at radius 1 is 1.21 bits per heavy atom. The Hall–Kier alpha value is -4.12. The second-order valence-corrected chi connectivity index (χ2v) is 8.72. The number of benzene rings is 2. The molecule has 2 aromatic heterocycles. The summed E-state index contributed by atoms with van der Waals surface area (Å²) in [6.45, 7) is 0.421. The van der Waals surface area contributed by atoms with E-state index in [2.05, 4.69) is 15.4 Å². The van der Waals surface area contributed by atoms with Crippen LogP contribution in [-0.2, 0) is 9.59 Å². The molecule has 6 rings (SSSR count). The summed E-state index contributed by atoms with van der Waals surface area (Å²) in [4.78, 5) is 32.2. The molecule has 0 radical (unpaired) electrons. The van der Waals surface area contributed by atoms with E-state index in [4.69, 9.17) is 14.2 Å². The van der Waals surface area contributed by atoms with E-state index in [0.29, 0.717) is 22.1 Å². The van der Waals surface area contributed by atoms with Gasteiger partial charge in [-0.3, -0.25) is 14.9 Å². The average molecular weight is 478 g/mol. The predicted octanol–water partition coefficient (Wildman–Crippen LogP) is 3.19. The lowest BCUT2D eigenvalue weighted by atomic mass is 10.1. The van der Waals surface area contributed by atoms with Crippen molar-refractivity contribution in [1.82, 2.24) is 14.6 Å². The molecule has 11 heteroatoms. The highest BCUT2D eigenvalue weighted by Gasteiger charge is 2.36. The van der Waals surface area contributed by atoms with E-state index in [1.807, 2.05) is 29.6 Å². The SMILES string of the molecule is COc1ccccc1-c1csc2nc(NC(=O)C3CC(=O)N(c4ccc5c(c4)OCO5)C3)nn12. The van der Waals surface area contributed by atoms with Crippen LogP contribution >= 0.6 is 11.3 Å². The topological polar surface area (TPSA) is 107 Å². The van der Waals surface area contributed by atoms with Crippen molar-refractivity contribution >= 4 is 39.7 Å². The van der Waals surface area contributed by atoms with Crippen LogP contribution < -0.4 is 24.4 Å². The van der Waals surface area contributed by atoms with Gasteiger partial charge < -0.3 is 19.1 Å². The second kappa shape index (κ2) is 8.03. The highest BCUT2D eigenvalue weighted by Crippen LogP contribution is 2.37. The zero-order valence-corrected chi connectivity index (χ0v) is 18.9. The van der Waals surface area contributed by atoms with Crippen LogP contribution in [0.2, 0.25) is 0 Å². The van der Waals surface area contributed by atoms with Gasteiger partial charge in [0.2, 0.25) is 29.5 Å². The summed E-state index contributed by atoms with van der Waals surface area (Å²) in [5.41, 5.74) is 2.36. The van der Waals surface area contributed by atoms with Crippen molar-refractivity contribution in [3.8, 4) is 28.5 Å². The minimum atomic E-state index is -0.520. The van der Waals surface area contributed by atoms with Crippen molar-refractivity contribution in [3.05, 3.63) is 47.8 Å². The average Bonchev–Trinajstić information content (AvgIpc) is 3.62. The predicted molar refractivity (Wildman–Crippen MR) is 125 cm³/mol. The summed E-state index contributed by atoms with van der Waals surface area (Å²) < 4.78 is 17.9. The first kappa shape index (κ1) is 20.5. The molecule has 34 heavy (non-hydrogen) atoms. The molecule has 0 saturated carbocycles. The summed E-state index contributed by atoms with van der Waals surface area (Å²) in [6.07, 6.45) is 0.106. The van der Waals surface area contributed by atoms with Gasteiger partial charge in [0.15, 0.2) is 11.5 Å². The molecule has 0 aliphatic carbocycles. The quantitative estimate of drug-likeness (QED) is 0.470. The van der Waals surface area contributed by atoms with E-state index in [1.54, 1.807) is 34.7 Å². The van der Waals surface area contributed by atoms with Gasteiger partial charge in [-0.2, -0.15) is 4.98 Å². The van der Waals surface area contributed by atoms with E-state index in [9.17, 15) is 9.59 Å². The Labute approximate surface area is 197 Å². The Morgan fingerprint density at radius 2 is 2.06 bits per heavy atom. The zero-order chi connectivity index (χ0) is 23.2. The molecule has 10 nitrogen and oxygen atoms in total. The maximum Gasteiger partial charge on any atom is 0.250 e. The summed E-state index contributed by atoms with van der Waals surface area (Å²) in [5, 5.41) is 9.18. The van der Waals surface area contributed by atoms with Crippen molar-refractivity contribution in [3.63, 3.8) is 0 Å². The molecule has 172 valence electrons. The van der Waals surface area contributed by atoms with Crippen LogP contribution in [0.5, 0.6) is 17.2 Å². The molecule has 4 aromatic rings. The second-order valence-electron chi connectivity index (χ2n) is 7.88. The van der Waals surface area contributed by atoms with Crippen molar-refractivity contribution in [2.24, 2.45) is 5.92 Å². The number of methoxy groups -OCH3 is 1. The van der Waals surface area contributed by atoms with Gasteiger partial charge in [0.25, 0.3) is 0 Å². The number of aromatic nitrogens is 3. The molecule has 2 aromatic carbocycles. The monoisotopic (exact) mass is 477 g/mol. The number of nitrogens with one attached hydrogen (secondary N) is 1. The fraction of sp³-hybridized carbons (Fsp3) is 0.217. The first-order valence-electron chi connectivity index (χ1n) is 10.6. The van der Waals surface area contributed by atoms with Crippen LogP contribution in [0.15, 0.2) is 47.8 Å². The van der Waals surface area contributed by atoms with Gasteiger partial charge >= 0.3 is 0 Å². The molecular weight excluding hydrogens is 458 g/mol. The minimum Gasteiger partial charge on any atom is -0.496 e. The number of para-hydroxylation sites is 1. The lowest BCUT2D eigenvalue weighted by Gasteiger charge is -2.16. The molecule has 1 N–H and O–H groups in total. The van der Waals surface area contributed by atoms with Crippen molar-refractivity contribution in [2.45, 2.75) is 6.42 Å². The first-order chi connectivity index (χ1) is 16.6. The van der Waals surface area contributed by atoms with E-state index < -0.39 is 5.92 Å². The number of amides is 2. The molecular formula is C23H19N5O5S. The number of hydrogen-bond acceptors (Lipinski definition) is 8. The molecule has 0 spiro atoms. The van der Waals surface area contributed by atoms with Gasteiger partial charge in [-0.25, -0.2) is 4.52 Å².